The predicted octanol–water partition coefficient (Wildman–Crippen LogP) is 6.26. The van der Waals surface area contributed by atoms with Gasteiger partial charge >= 0.3 is 0 Å². The number of hydrogen-bond donors (Lipinski definition) is 1. The van der Waals surface area contributed by atoms with Gasteiger partial charge in [-0.25, -0.2) is 0 Å². The van der Waals surface area contributed by atoms with Crippen molar-refractivity contribution in [2.24, 2.45) is 0 Å². The fraction of sp³-hybridized carbons (Fsp3) is 0.478. The average Bonchev–Trinajstić information content (AvgIpc) is 2.73. The van der Waals surface area contributed by atoms with Crippen molar-refractivity contribution >= 4 is 19.9 Å². The van der Waals surface area contributed by atoms with E-state index in [1.165, 1.54) is 11.9 Å². The number of aliphatic hydroxyl groups excluding tert-OH is 1. The number of rotatable bonds is 6. The molecule has 6 heteroatoms. The molecular weight excluding hydrogens is 404 g/mol. The Morgan fingerprint density at radius 3 is 1.72 bits per heavy atom. The van der Waals surface area contributed by atoms with Gasteiger partial charge in [-0.15, -0.1) is 11.6 Å². The van der Waals surface area contributed by atoms with Crippen LogP contribution in [0.4, 0.5) is 0 Å². The zero-order valence-corrected chi connectivity index (χ0v) is 20.8. The highest BCUT2D eigenvalue weighted by atomic mass is 35.5. The molecule has 2 aromatic rings. The van der Waals surface area contributed by atoms with Crippen LogP contribution in [0.5, 0.6) is 11.5 Å². The zero-order chi connectivity index (χ0) is 22.5. The fourth-order valence-electron chi connectivity index (χ4n) is 2.01. The standard InChI is InChI=1S/C14H24O2Si.C8H10O2.CH3Cl/c1-14(2,3)17(5,6)16-11-12-8-7-9-13(10-12)15-4;1-10-8-4-2-3-7(5-8)6-9;1-2/h7-10H,11H2,1-6H3;2-5,9H,6H2,1H3;1H3. The Morgan fingerprint density at radius 1 is 0.862 bits per heavy atom. The molecule has 0 aliphatic rings. The van der Waals surface area contributed by atoms with Crippen LogP contribution in [0.15, 0.2) is 48.5 Å². The Balaban J connectivity index is 0.000000554. The molecular formula is C23H37ClO4Si. The second-order valence-electron chi connectivity index (χ2n) is 7.91. The van der Waals surface area contributed by atoms with Crippen molar-refractivity contribution < 1.29 is 19.0 Å². The van der Waals surface area contributed by atoms with Crippen molar-refractivity contribution in [3.05, 3.63) is 59.7 Å². The summed E-state index contributed by atoms with van der Waals surface area (Å²) in [6, 6.07) is 15.4. The molecule has 0 bridgehead atoms. The monoisotopic (exact) mass is 440 g/mol. The van der Waals surface area contributed by atoms with Crippen LogP contribution in [0.1, 0.15) is 31.9 Å². The van der Waals surface area contributed by atoms with E-state index >= 15 is 0 Å². The minimum Gasteiger partial charge on any atom is -0.497 e. The number of halogens is 1. The summed E-state index contributed by atoms with van der Waals surface area (Å²) in [5.74, 6) is 1.67. The maximum atomic E-state index is 8.70. The van der Waals surface area contributed by atoms with Crippen LogP contribution < -0.4 is 9.47 Å². The number of ether oxygens (including phenoxy) is 2. The lowest BCUT2D eigenvalue weighted by Crippen LogP contribution is -2.40. The third kappa shape index (κ3) is 10.2. The van der Waals surface area contributed by atoms with Gasteiger partial charge in [0.25, 0.3) is 0 Å². The molecule has 0 radical (unpaired) electrons. The van der Waals surface area contributed by atoms with Gasteiger partial charge in [-0.05, 0) is 53.5 Å². The number of methoxy groups -OCH3 is 2. The molecule has 0 saturated heterocycles. The summed E-state index contributed by atoms with van der Waals surface area (Å²) in [6.45, 7) is 12.0. The normalized spacial score (nSPS) is 10.8. The Kier molecular flexibility index (Phi) is 12.9. The van der Waals surface area contributed by atoms with E-state index in [-0.39, 0.29) is 11.6 Å². The van der Waals surface area contributed by atoms with Gasteiger partial charge in [-0.2, -0.15) is 0 Å². The minimum absolute atomic E-state index is 0.0667. The smallest absolute Gasteiger partial charge is 0.192 e. The highest BCUT2D eigenvalue weighted by Gasteiger charge is 2.36. The SMILES string of the molecule is CCl.COc1cccc(CO)c1.COc1cccc(CO[Si](C)(C)C(C)(C)C)c1. The van der Waals surface area contributed by atoms with E-state index in [9.17, 15) is 0 Å². The molecule has 2 rings (SSSR count). The van der Waals surface area contributed by atoms with Crippen molar-refractivity contribution in [2.75, 3.05) is 20.6 Å². The van der Waals surface area contributed by atoms with Crippen molar-refractivity contribution in [3.8, 4) is 11.5 Å². The topological polar surface area (TPSA) is 47.9 Å². The van der Waals surface area contributed by atoms with Gasteiger partial charge in [0.05, 0.1) is 27.4 Å². The lowest BCUT2D eigenvalue weighted by atomic mass is 10.2. The largest absolute Gasteiger partial charge is 0.497 e. The third-order valence-electron chi connectivity index (χ3n) is 4.86. The first kappa shape index (κ1) is 27.5. The predicted molar refractivity (Wildman–Crippen MR) is 126 cm³/mol. The summed E-state index contributed by atoms with van der Waals surface area (Å²) < 4.78 is 16.3. The first-order chi connectivity index (χ1) is 13.6. The maximum Gasteiger partial charge on any atom is 0.192 e. The summed E-state index contributed by atoms with van der Waals surface area (Å²) >= 11 is 4.64. The van der Waals surface area contributed by atoms with E-state index in [0.29, 0.717) is 6.61 Å². The number of alkyl halides is 1. The van der Waals surface area contributed by atoms with Gasteiger partial charge in [0.1, 0.15) is 11.5 Å². The van der Waals surface area contributed by atoms with Crippen LogP contribution in [0.25, 0.3) is 0 Å². The fourth-order valence-corrected chi connectivity index (χ4v) is 2.97. The van der Waals surface area contributed by atoms with Gasteiger partial charge in [0.15, 0.2) is 8.32 Å². The van der Waals surface area contributed by atoms with Crippen molar-refractivity contribution in [3.63, 3.8) is 0 Å². The molecule has 0 saturated carbocycles. The van der Waals surface area contributed by atoms with E-state index in [2.05, 4.69) is 51.5 Å². The minimum atomic E-state index is -1.66. The van der Waals surface area contributed by atoms with E-state index in [1.807, 2.05) is 36.4 Å². The second-order valence-corrected chi connectivity index (χ2v) is 12.7. The van der Waals surface area contributed by atoms with Gasteiger partial charge in [-0.1, -0.05) is 45.0 Å². The van der Waals surface area contributed by atoms with Crippen LogP contribution in [0, 0.1) is 0 Å². The summed E-state index contributed by atoms with van der Waals surface area (Å²) in [5, 5.41) is 8.96. The van der Waals surface area contributed by atoms with Gasteiger partial charge < -0.3 is 19.0 Å². The van der Waals surface area contributed by atoms with E-state index in [4.69, 9.17) is 19.0 Å². The first-order valence-electron chi connectivity index (χ1n) is 9.51. The summed E-state index contributed by atoms with van der Waals surface area (Å²) in [4.78, 5) is 0. The number of hydrogen-bond acceptors (Lipinski definition) is 4. The first-order valence-corrected chi connectivity index (χ1v) is 13.2. The molecule has 0 atom stereocenters. The van der Waals surface area contributed by atoms with E-state index in [1.54, 1.807) is 20.3 Å². The Labute approximate surface area is 182 Å². The molecule has 0 unspecified atom stereocenters. The molecule has 1 N–H and O–H groups in total. The third-order valence-corrected chi connectivity index (χ3v) is 9.34. The van der Waals surface area contributed by atoms with Crippen LogP contribution in [0.2, 0.25) is 18.1 Å². The van der Waals surface area contributed by atoms with Gasteiger partial charge in [-0.3, -0.25) is 0 Å². The van der Waals surface area contributed by atoms with E-state index in [0.717, 1.165) is 17.1 Å². The second kappa shape index (κ2) is 13.6. The van der Waals surface area contributed by atoms with Crippen LogP contribution >= 0.6 is 11.6 Å². The van der Waals surface area contributed by atoms with Crippen molar-refractivity contribution in [1.29, 1.82) is 0 Å². The highest BCUT2D eigenvalue weighted by Crippen LogP contribution is 2.37. The van der Waals surface area contributed by atoms with Crippen LogP contribution in [-0.2, 0) is 17.6 Å². The number of benzene rings is 2. The summed E-state index contributed by atoms with van der Waals surface area (Å²) in [5.41, 5.74) is 2.05. The maximum absolute atomic E-state index is 8.70. The Morgan fingerprint density at radius 2 is 1.31 bits per heavy atom. The Bertz CT molecular complexity index is 680. The van der Waals surface area contributed by atoms with Crippen molar-refractivity contribution in [2.45, 2.75) is 52.1 Å². The Hall–Kier alpha value is -1.53. The zero-order valence-electron chi connectivity index (χ0n) is 19.1. The highest BCUT2D eigenvalue weighted by molar-refractivity contribution is 6.74. The molecule has 0 aliphatic carbocycles. The molecule has 0 heterocycles. The average molecular weight is 441 g/mol. The molecule has 0 aromatic heterocycles. The molecule has 0 spiro atoms. The van der Waals surface area contributed by atoms with Gasteiger partial charge in [0.2, 0.25) is 0 Å². The van der Waals surface area contributed by atoms with E-state index < -0.39 is 8.32 Å². The van der Waals surface area contributed by atoms with Crippen LogP contribution in [0.3, 0.4) is 0 Å². The quantitative estimate of drug-likeness (QED) is 0.425. The molecule has 0 aliphatic heterocycles. The molecule has 2 aromatic carbocycles. The van der Waals surface area contributed by atoms with Gasteiger partial charge in [0, 0.05) is 6.38 Å². The molecule has 4 nitrogen and oxygen atoms in total. The molecule has 0 fully saturated rings. The summed E-state index contributed by atoms with van der Waals surface area (Å²) in [7, 11) is 1.64. The lowest BCUT2D eigenvalue weighted by molar-refractivity contribution is 0.275. The molecule has 164 valence electrons. The molecule has 0 amide bonds. The number of aliphatic hydroxyl groups is 1. The van der Waals surface area contributed by atoms with Crippen molar-refractivity contribution in [1.82, 2.24) is 0 Å². The lowest BCUT2D eigenvalue weighted by Gasteiger charge is -2.36. The summed E-state index contributed by atoms with van der Waals surface area (Å²) in [6.07, 6.45) is 1.47. The molecule has 29 heavy (non-hydrogen) atoms. The van der Waals surface area contributed by atoms with Crippen LogP contribution in [-0.4, -0.2) is 34.0 Å².